The molecule has 142 valence electrons. The minimum absolute atomic E-state index is 0.0467. The van der Waals surface area contributed by atoms with E-state index in [1.165, 1.54) is 0 Å². The third kappa shape index (κ3) is 2.15. The molecule has 3 nitrogen and oxygen atoms in total. The molecule has 5 rings (SSSR count). The van der Waals surface area contributed by atoms with Crippen molar-refractivity contribution in [3.63, 3.8) is 0 Å². The second-order valence-corrected chi connectivity index (χ2v) is 10.9. The van der Waals surface area contributed by atoms with Crippen LogP contribution in [0.25, 0.3) is 0 Å². The molecule has 0 spiro atoms. The number of allylic oxidation sites excluding steroid dienone is 2. The van der Waals surface area contributed by atoms with E-state index in [9.17, 15) is 0 Å². The number of alkyl halides is 5. The van der Waals surface area contributed by atoms with Crippen LogP contribution in [0.15, 0.2) is 10.1 Å². The van der Waals surface area contributed by atoms with Crippen molar-refractivity contribution in [2.75, 3.05) is 12.5 Å². The Hall–Kier alpha value is 1.65. The average Bonchev–Trinajstić information content (AvgIpc) is 3.14. The fraction of sp³-hybridized carbons (Fsp3) is 0.867. The van der Waals surface area contributed by atoms with Crippen molar-refractivity contribution in [1.82, 2.24) is 0 Å². The van der Waals surface area contributed by atoms with Crippen LogP contribution in [-0.2, 0) is 4.74 Å². The maximum Gasteiger partial charge on any atom is 0.166 e. The van der Waals surface area contributed by atoms with Crippen molar-refractivity contribution in [2.45, 2.75) is 38.8 Å². The van der Waals surface area contributed by atoms with E-state index in [1.54, 1.807) is 0 Å². The van der Waals surface area contributed by atoms with Crippen molar-refractivity contribution in [1.29, 1.82) is 0 Å². The molecule has 1 saturated heterocycles. The van der Waals surface area contributed by atoms with Crippen LogP contribution in [0.3, 0.4) is 0 Å². The number of ether oxygens (including phenoxy) is 1. The van der Waals surface area contributed by atoms with Gasteiger partial charge >= 0.3 is 0 Å². The lowest BCUT2D eigenvalue weighted by molar-refractivity contribution is 0.112. The molecule has 0 aromatic heterocycles. The van der Waals surface area contributed by atoms with Gasteiger partial charge in [0.1, 0.15) is 9.75 Å². The van der Waals surface area contributed by atoms with E-state index >= 15 is 0 Å². The monoisotopic (exact) mass is 488 g/mol. The van der Waals surface area contributed by atoms with Crippen LogP contribution >= 0.6 is 81.2 Å². The molecule has 0 aromatic carbocycles. The highest BCUT2D eigenvalue weighted by molar-refractivity contribution is 6.65. The molecule has 3 saturated carbocycles. The predicted octanol–water partition coefficient (Wildman–Crippen LogP) is 4.06. The highest BCUT2D eigenvalue weighted by Gasteiger charge is 2.89. The predicted molar refractivity (Wildman–Crippen MR) is 101 cm³/mol. The van der Waals surface area contributed by atoms with Crippen molar-refractivity contribution in [2.24, 2.45) is 23.7 Å². The van der Waals surface area contributed by atoms with Gasteiger partial charge in [-0.2, -0.15) is 0 Å². The molecule has 0 aromatic rings. The number of fused-ring (bicyclic) bond motifs is 12. The van der Waals surface area contributed by atoms with E-state index in [4.69, 9.17) is 96.2 Å². The Morgan fingerprint density at radius 2 is 1.44 bits per heavy atom. The zero-order chi connectivity index (χ0) is 18.5. The number of rotatable bonds is 2. The summed E-state index contributed by atoms with van der Waals surface area (Å²) in [5.41, 5.74) is 0. The van der Waals surface area contributed by atoms with E-state index in [1.807, 2.05) is 0 Å². The van der Waals surface area contributed by atoms with E-state index in [-0.39, 0.29) is 36.5 Å². The Morgan fingerprint density at radius 1 is 1.00 bits per heavy atom. The second kappa shape index (κ2) is 6.08. The number of halogens is 7. The third-order valence-corrected chi connectivity index (χ3v) is 11.0. The van der Waals surface area contributed by atoms with Gasteiger partial charge in [-0.05, 0) is 30.1 Å². The highest BCUT2D eigenvalue weighted by Crippen LogP contribution is 2.84. The molecule has 5 aliphatic rings. The van der Waals surface area contributed by atoms with Crippen LogP contribution in [0.5, 0.6) is 0 Å². The fourth-order valence-electron chi connectivity index (χ4n) is 5.35. The van der Waals surface area contributed by atoms with E-state index < -0.39 is 20.2 Å². The molecule has 0 amide bonds. The quantitative estimate of drug-likeness (QED) is 0.348. The summed E-state index contributed by atoms with van der Waals surface area (Å²) in [6, 6.07) is 0. The third-order valence-electron chi connectivity index (χ3n) is 6.31. The first kappa shape index (κ1) is 19.9. The molecule has 1 unspecified atom stereocenters. The first-order valence-corrected chi connectivity index (χ1v) is 10.7. The minimum Gasteiger partial charge on any atom is -0.394 e. The molecule has 4 aliphatic carbocycles. The number of hydrogen-bond acceptors (Lipinski definition) is 3. The van der Waals surface area contributed by atoms with Gasteiger partial charge in [-0.1, -0.05) is 46.4 Å². The van der Waals surface area contributed by atoms with Gasteiger partial charge in [0.05, 0.1) is 40.9 Å². The van der Waals surface area contributed by atoms with Crippen LogP contribution in [0.2, 0.25) is 0 Å². The first-order valence-electron chi connectivity index (χ1n) is 7.91. The van der Waals surface area contributed by atoms with Crippen molar-refractivity contribution >= 4 is 81.2 Å². The summed E-state index contributed by atoms with van der Waals surface area (Å²) in [6.07, 6.45) is 0.889. The van der Waals surface area contributed by atoms with Gasteiger partial charge in [0.25, 0.3) is 0 Å². The molecule has 4 fully saturated rings. The maximum absolute atomic E-state index is 8.28. The first-order chi connectivity index (χ1) is 11.6. The molecule has 10 heteroatoms. The largest absolute Gasteiger partial charge is 0.394 e. The number of hydrogen-bond donors (Lipinski definition) is 2. The lowest BCUT2D eigenvalue weighted by Crippen LogP contribution is -2.46. The molecule has 1 aliphatic heterocycles. The Balaban J connectivity index is 0.000000229. The SMILES string of the molecule is ClC1=C(Cl)[C@]2(Cl)[C@@H]3[C@@H]4C[C@@H]([C@H]5O[C@H]45)[C@@H]3[C@@]1(Cl)C2(Cl)Cl.OCC(O)CCl. The van der Waals surface area contributed by atoms with E-state index in [2.05, 4.69) is 0 Å². The van der Waals surface area contributed by atoms with Gasteiger partial charge in [0.2, 0.25) is 0 Å². The summed E-state index contributed by atoms with van der Waals surface area (Å²) in [7, 11) is 0. The number of aliphatic hydroxyl groups is 2. The Bertz CT molecular complexity index is 595. The standard InChI is InChI=1S/C12H8Cl6O.C3H7ClO2/c13-8-9(14)11(16)5-3-1-2(6-7(3)19-6)4(5)10(8,15)12(11,17)18;4-1-3(6)2-5/h2-7H,1H2;3,5-6H,1-2H2/t2-,3+,4+,5-,6-,7-,10+,11-;/m1./s1. The van der Waals surface area contributed by atoms with Crippen LogP contribution in [0.1, 0.15) is 6.42 Å². The fourth-order valence-corrected chi connectivity index (χ4v) is 8.58. The van der Waals surface area contributed by atoms with E-state index in [0.29, 0.717) is 21.9 Å². The Kier molecular flexibility index (Phi) is 4.85. The van der Waals surface area contributed by atoms with Crippen LogP contribution < -0.4 is 0 Å². The number of aliphatic hydroxyl groups excluding tert-OH is 2. The van der Waals surface area contributed by atoms with E-state index in [0.717, 1.165) is 6.42 Å². The second-order valence-electron chi connectivity index (χ2n) is 7.30. The summed E-state index contributed by atoms with van der Waals surface area (Å²) in [5.74, 6) is 0.883. The highest BCUT2D eigenvalue weighted by atomic mass is 35.5. The number of epoxide rings is 1. The summed E-state index contributed by atoms with van der Waals surface area (Å²) in [6.45, 7) is -0.247. The van der Waals surface area contributed by atoms with Gasteiger partial charge in [0, 0.05) is 0 Å². The molecule has 9 atom stereocenters. The summed E-state index contributed by atoms with van der Waals surface area (Å²) in [5, 5.41) is 16.9. The smallest absolute Gasteiger partial charge is 0.166 e. The molecule has 4 bridgehead atoms. The molecular formula is C15H15Cl7O3. The topological polar surface area (TPSA) is 53.0 Å². The molecule has 0 radical (unpaired) electrons. The zero-order valence-electron chi connectivity index (χ0n) is 12.6. The van der Waals surface area contributed by atoms with Crippen LogP contribution in [0.4, 0.5) is 0 Å². The van der Waals surface area contributed by atoms with Crippen LogP contribution in [0, 0.1) is 23.7 Å². The molecule has 2 N–H and O–H groups in total. The van der Waals surface area contributed by atoms with Gasteiger partial charge in [0.15, 0.2) is 4.33 Å². The van der Waals surface area contributed by atoms with Crippen molar-refractivity contribution in [3.05, 3.63) is 10.1 Å². The van der Waals surface area contributed by atoms with Gasteiger partial charge in [-0.25, -0.2) is 0 Å². The summed E-state index contributed by atoms with van der Waals surface area (Å²) < 4.78 is 4.35. The van der Waals surface area contributed by atoms with Crippen molar-refractivity contribution in [3.8, 4) is 0 Å². The van der Waals surface area contributed by atoms with Crippen LogP contribution in [-0.4, -0.2) is 55.1 Å². The normalized spacial score (nSPS) is 54.1. The molecule has 1 heterocycles. The van der Waals surface area contributed by atoms with Gasteiger partial charge < -0.3 is 14.9 Å². The maximum atomic E-state index is 8.28. The van der Waals surface area contributed by atoms with Crippen molar-refractivity contribution < 1.29 is 14.9 Å². The van der Waals surface area contributed by atoms with Gasteiger partial charge in [-0.3, -0.25) is 0 Å². The Labute approximate surface area is 180 Å². The molecular weight excluding hydrogens is 476 g/mol. The zero-order valence-corrected chi connectivity index (χ0v) is 17.9. The Morgan fingerprint density at radius 3 is 1.76 bits per heavy atom. The lowest BCUT2D eigenvalue weighted by atomic mass is 9.73. The molecule has 25 heavy (non-hydrogen) atoms. The lowest BCUT2D eigenvalue weighted by Gasteiger charge is -2.38. The average molecular weight is 491 g/mol. The minimum atomic E-state index is -1.37. The summed E-state index contributed by atoms with van der Waals surface area (Å²) in [4.78, 5) is -2.17. The summed E-state index contributed by atoms with van der Waals surface area (Å²) >= 11 is 44.6. The van der Waals surface area contributed by atoms with Gasteiger partial charge in [-0.15, -0.1) is 34.8 Å².